The smallest absolute Gasteiger partial charge is 0.287 e. The molecule has 1 saturated heterocycles. The highest BCUT2D eigenvalue weighted by molar-refractivity contribution is 7.10. The van der Waals surface area contributed by atoms with Gasteiger partial charge >= 0.3 is 0 Å². The van der Waals surface area contributed by atoms with Crippen molar-refractivity contribution in [2.24, 2.45) is 0 Å². The average molecular weight is 447 g/mol. The maximum Gasteiger partial charge on any atom is 0.287 e. The molecule has 3 heterocycles. The molecule has 2 aromatic heterocycles. The predicted octanol–water partition coefficient (Wildman–Crippen LogP) is 5.64. The summed E-state index contributed by atoms with van der Waals surface area (Å²) in [6.45, 7) is 2.96. The Bertz CT molecular complexity index is 1160. The normalized spacial score (nSPS) is 15.1. The molecule has 5 rings (SSSR count). The highest BCUT2D eigenvalue weighted by Gasteiger charge is 2.27. The van der Waals surface area contributed by atoms with Crippen LogP contribution in [0.25, 0.3) is 11.0 Å². The first-order valence-electron chi connectivity index (χ1n) is 11.0. The largest absolute Gasteiger partial charge is 0.489 e. The van der Waals surface area contributed by atoms with Gasteiger partial charge in [0.2, 0.25) is 0 Å². The number of fused-ring (bicyclic) bond motifs is 1. The first kappa shape index (κ1) is 20.8. The molecular weight excluding hydrogens is 420 g/mol. The van der Waals surface area contributed by atoms with E-state index < -0.39 is 0 Å². The summed E-state index contributed by atoms with van der Waals surface area (Å²) in [5, 5.41) is 6.14. The Morgan fingerprint density at radius 2 is 1.81 bits per heavy atom. The number of carbonyl (C=O) groups is 1. The average Bonchev–Trinajstić information content (AvgIpc) is 3.60. The number of nitrogens with one attached hydrogen (secondary N) is 1. The van der Waals surface area contributed by atoms with Crippen LogP contribution in [0.5, 0.6) is 5.75 Å². The minimum absolute atomic E-state index is 0.190. The van der Waals surface area contributed by atoms with E-state index in [1.807, 2.05) is 54.6 Å². The van der Waals surface area contributed by atoms with E-state index in [4.69, 9.17) is 9.15 Å². The SMILES string of the molecule is O=C(NCC(c1cccs1)N1CCCC1)c1oc2ccccc2c1COc1ccccc1. The molecule has 32 heavy (non-hydrogen) atoms. The van der Waals surface area contributed by atoms with Gasteiger partial charge in [-0.2, -0.15) is 0 Å². The van der Waals surface area contributed by atoms with Gasteiger partial charge in [0, 0.05) is 22.4 Å². The Kier molecular flexibility index (Phi) is 6.23. The van der Waals surface area contributed by atoms with E-state index in [2.05, 4.69) is 27.7 Å². The van der Waals surface area contributed by atoms with Crippen LogP contribution in [-0.4, -0.2) is 30.4 Å². The minimum atomic E-state index is -0.200. The first-order chi connectivity index (χ1) is 15.8. The molecule has 6 heteroatoms. The van der Waals surface area contributed by atoms with Crippen molar-refractivity contribution < 1.29 is 13.9 Å². The maximum absolute atomic E-state index is 13.3. The number of para-hydroxylation sites is 2. The van der Waals surface area contributed by atoms with Gasteiger partial charge in [0.15, 0.2) is 5.76 Å². The number of carbonyl (C=O) groups excluding carboxylic acids is 1. The quantitative estimate of drug-likeness (QED) is 0.381. The fourth-order valence-corrected chi connectivity index (χ4v) is 5.17. The summed E-state index contributed by atoms with van der Waals surface area (Å²) < 4.78 is 12.0. The van der Waals surface area contributed by atoms with E-state index in [9.17, 15) is 4.79 Å². The van der Waals surface area contributed by atoms with Crippen molar-refractivity contribution in [3.63, 3.8) is 0 Å². The Morgan fingerprint density at radius 1 is 1.03 bits per heavy atom. The lowest BCUT2D eigenvalue weighted by molar-refractivity contribution is 0.0909. The molecule has 0 radical (unpaired) electrons. The summed E-state index contributed by atoms with van der Waals surface area (Å²) in [5.74, 6) is 0.887. The summed E-state index contributed by atoms with van der Waals surface area (Å²) in [6.07, 6.45) is 2.42. The number of ether oxygens (including phenoxy) is 1. The van der Waals surface area contributed by atoms with Gasteiger partial charge in [0.1, 0.15) is 17.9 Å². The van der Waals surface area contributed by atoms with Gasteiger partial charge < -0.3 is 14.5 Å². The standard InChI is InChI=1S/C26H26N2O3S/c29-26(27-17-22(24-13-8-16-32-24)28-14-6-7-15-28)25-21(18-30-19-9-2-1-3-10-19)20-11-4-5-12-23(20)31-25/h1-5,8-13,16,22H,6-7,14-15,17-18H2,(H,27,29). The Balaban J connectivity index is 1.36. The molecular formula is C26H26N2O3S. The monoisotopic (exact) mass is 446 g/mol. The molecule has 1 N–H and O–H groups in total. The molecule has 2 aromatic carbocycles. The highest BCUT2D eigenvalue weighted by atomic mass is 32.1. The van der Waals surface area contributed by atoms with E-state index in [-0.39, 0.29) is 18.6 Å². The van der Waals surface area contributed by atoms with Crippen LogP contribution in [-0.2, 0) is 6.61 Å². The molecule has 1 unspecified atom stereocenters. The number of benzene rings is 2. The van der Waals surface area contributed by atoms with Crippen LogP contribution in [0.15, 0.2) is 76.5 Å². The molecule has 0 saturated carbocycles. The van der Waals surface area contributed by atoms with Crippen LogP contribution < -0.4 is 10.1 Å². The second-order valence-corrected chi connectivity index (χ2v) is 8.97. The van der Waals surface area contributed by atoms with Gasteiger partial charge in [-0.3, -0.25) is 9.69 Å². The Labute approximate surface area is 191 Å². The number of rotatable bonds is 8. The number of nitrogens with zero attached hydrogens (tertiary/aromatic N) is 1. The third kappa shape index (κ3) is 4.42. The van der Waals surface area contributed by atoms with E-state index in [0.29, 0.717) is 17.9 Å². The number of thiophene rings is 1. The van der Waals surface area contributed by atoms with Gasteiger partial charge in [-0.25, -0.2) is 0 Å². The third-order valence-electron chi connectivity index (χ3n) is 5.94. The number of amides is 1. The molecule has 1 amide bonds. The molecule has 1 atom stereocenters. The molecule has 164 valence electrons. The van der Waals surface area contributed by atoms with Crippen molar-refractivity contribution in [3.05, 3.63) is 88.3 Å². The van der Waals surface area contributed by atoms with Gasteiger partial charge in [-0.1, -0.05) is 42.5 Å². The van der Waals surface area contributed by atoms with Gasteiger partial charge in [-0.05, 0) is 55.6 Å². The van der Waals surface area contributed by atoms with Crippen molar-refractivity contribution in [1.29, 1.82) is 0 Å². The molecule has 0 bridgehead atoms. The van der Waals surface area contributed by atoms with E-state index >= 15 is 0 Å². The molecule has 0 aliphatic carbocycles. The zero-order valence-electron chi connectivity index (χ0n) is 17.8. The van der Waals surface area contributed by atoms with Gasteiger partial charge in [-0.15, -0.1) is 11.3 Å². The van der Waals surface area contributed by atoms with Crippen LogP contribution >= 0.6 is 11.3 Å². The van der Waals surface area contributed by atoms with Gasteiger partial charge in [0.05, 0.1) is 6.04 Å². The van der Waals surface area contributed by atoms with E-state index in [0.717, 1.165) is 29.8 Å². The predicted molar refractivity (Wildman–Crippen MR) is 127 cm³/mol. The van der Waals surface area contributed by atoms with Gasteiger partial charge in [0.25, 0.3) is 5.91 Å². The lowest BCUT2D eigenvalue weighted by Gasteiger charge is -2.26. The van der Waals surface area contributed by atoms with Crippen LogP contribution in [0.3, 0.4) is 0 Å². The summed E-state index contributed by atoms with van der Waals surface area (Å²) in [5.41, 5.74) is 1.47. The Hall–Kier alpha value is -3.09. The van der Waals surface area contributed by atoms with E-state index in [1.165, 1.54) is 17.7 Å². The fraction of sp³-hybridized carbons (Fsp3) is 0.269. The molecule has 1 aliphatic heterocycles. The molecule has 5 nitrogen and oxygen atoms in total. The van der Waals surface area contributed by atoms with Crippen LogP contribution in [0.2, 0.25) is 0 Å². The topological polar surface area (TPSA) is 54.7 Å². The van der Waals surface area contributed by atoms with Crippen LogP contribution in [0.4, 0.5) is 0 Å². The summed E-state index contributed by atoms with van der Waals surface area (Å²) >= 11 is 1.74. The maximum atomic E-state index is 13.3. The lowest BCUT2D eigenvalue weighted by Crippen LogP contribution is -2.36. The zero-order chi connectivity index (χ0) is 21.8. The van der Waals surface area contributed by atoms with E-state index in [1.54, 1.807) is 11.3 Å². The summed E-state index contributed by atoms with van der Waals surface area (Å²) in [7, 11) is 0. The van der Waals surface area contributed by atoms with Crippen molar-refractivity contribution in [3.8, 4) is 5.75 Å². The number of hydrogen-bond acceptors (Lipinski definition) is 5. The molecule has 1 aliphatic rings. The number of hydrogen-bond donors (Lipinski definition) is 1. The molecule has 4 aromatic rings. The third-order valence-corrected chi connectivity index (χ3v) is 6.91. The minimum Gasteiger partial charge on any atom is -0.489 e. The highest BCUT2D eigenvalue weighted by Crippen LogP contribution is 2.30. The van der Waals surface area contributed by atoms with Crippen molar-refractivity contribution in [1.82, 2.24) is 10.2 Å². The molecule has 0 spiro atoms. The Morgan fingerprint density at radius 3 is 2.59 bits per heavy atom. The second-order valence-electron chi connectivity index (χ2n) is 7.99. The fourth-order valence-electron chi connectivity index (χ4n) is 4.31. The van der Waals surface area contributed by atoms with Crippen molar-refractivity contribution in [2.75, 3.05) is 19.6 Å². The number of furan rings is 1. The second kappa shape index (κ2) is 9.59. The number of likely N-dealkylation sites (tertiary alicyclic amines) is 1. The van der Waals surface area contributed by atoms with Crippen LogP contribution in [0.1, 0.15) is 39.9 Å². The van der Waals surface area contributed by atoms with Crippen molar-refractivity contribution >= 4 is 28.2 Å². The molecule has 1 fully saturated rings. The lowest BCUT2D eigenvalue weighted by atomic mass is 10.1. The zero-order valence-corrected chi connectivity index (χ0v) is 18.6. The van der Waals surface area contributed by atoms with Crippen LogP contribution in [0, 0.1) is 0 Å². The summed E-state index contributed by atoms with van der Waals surface area (Å²) in [4.78, 5) is 17.0. The first-order valence-corrected chi connectivity index (χ1v) is 11.9. The summed E-state index contributed by atoms with van der Waals surface area (Å²) in [6, 6.07) is 21.8. The van der Waals surface area contributed by atoms with Crippen molar-refractivity contribution in [2.45, 2.75) is 25.5 Å².